The van der Waals surface area contributed by atoms with Gasteiger partial charge in [-0.25, -0.2) is 4.98 Å². The Morgan fingerprint density at radius 2 is 1.74 bits per heavy atom. The largest absolute Gasteiger partial charge is 0.486 e. The molecule has 2 aromatic carbocycles. The van der Waals surface area contributed by atoms with E-state index in [-0.39, 0.29) is 31.5 Å². The molecule has 0 saturated carbocycles. The quantitative estimate of drug-likeness (QED) is 0.169. The molecule has 0 atom stereocenters. The summed E-state index contributed by atoms with van der Waals surface area (Å²) in [6, 6.07) is 28.9. The van der Waals surface area contributed by atoms with Crippen LogP contribution in [-0.2, 0) is 26.5 Å². The molecular formula is C36H31IrN3OS-2. The summed E-state index contributed by atoms with van der Waals surface area (Å²) in [4.78, 5) is 14.1. The molecule has 1 radical (unpaired) electrons. The summed E-state index contributed by atoms with van der Waals surface area (Å²) in [7, 11) is 0. The Balaban J connectivity index is 0.000000260. The van der Waals surface area contributed by atoms with Crippen molar-refractivity contribution in [3.05, 3.63) is 113 Å². The van der Waals surface area contributed by atoms with Gasteiger partial charge in [0.05, 0.1) is 5.58 Å². The number of benzene rings is 2. The van der Waals surface area contributed by atoms with Gasteiger partial charge in [-0.3, -0.25) is 4.98 Å². The van der Waals surface area contributed by atoms with E-state index in [4.69, 9.17) is 16.3 Å². The number of nitrogens with zero attached hydrogens (tertiary/aromatic N) is 3. The fourth-order valence-electron chi connectivity index (χ4n) is 4.55. The number of thiophene rings is 1. The van der Waals surface area contributed by atoms with Crippen LogP contribution >= 0.6 is 11.3 Å². The van der Waals surface area contributed by atoms with Crippen LogP contribution in [0.25, 0.3) is 54.8 Å². The van der Waals surface area contributed by atoms with Gasteiger partial charge < -0.3 is 9.40 Å². The van der Waals surface area contributed by atoms with E-state index in [2.05, 4.69) is 28.2 Å². The molecule has 0 aliphatic carbocycles. The molecule has 0 saturated heterocycles. The van der Waals surface area contributed by atoms with Crippen molar-refractivity contribution in [2.45, 2.75) is 40.9 Å². The Morgan fingerprint density at radius 3 is 2.48 bits per heavy atom. The van der Waals surface area contributed by atoms with E-state index in [1.54, 1.807) is 12.1 Å². The van der Waals surface area contributed by atoms with Crippen LogP contribution in [0.3, 0.4) is 0 Å². The molecule has 4 nitrogen and oxygen atoms in total. The van der Waals surface area contributed by atoms with Gasteiger partial charge in [0.2, 0.25) is 5.71 Å². The summed E-state index contributed by atoms with van der Waals surface area (Å²) in [5, 5.41) is 4.18. The molecule has 0 aliphatic heterocycles. The van der Waals surface area contributed by atoms with Crippen molar-refractivity contribution in [1.29, 1.82) is 0 Å². The summed E-state index contributed by atoms with van der Waals surface area (Å²) in [5.74, 6) is 0. The summed E-state index contributed by atoms with van der Waals surface area (Å²) in [5.41, 5.74) is 5.36. The first-order valence-electron chi connectivity index (χ1n) is 15.8. The molecule has 6 heteroatoms. The Kier molecular flexibility index (Phi) is 6.96. The number of fused-ring (bicyclic) bond motifs is 4. The van der Waals surface area contributed by atoms with Gasteiger partial charge in [0.15, 0.2) is 0 Å². The summed E-state index contributed by atoms with van der Waals surface area (Å²) in [6.07, 6.45) is 0.363. The third kappa shape index (κ3) is 6.36. The molecule has 0 unspecified atom stereocenters. The second kappa shape index (κ2) is 12.3. The zero-order valence-electron chi connectivity index (χ0n) is 28.6. The predicted molar refractivity (Wildman–Crippen MR) is 170 cm³/mol. The first-order valence-corrected chi connectivity index (χ1v) is 14.2. The number of pyridine rings is 3. The van der Waals surface area contributed by atoms with Crippen molar-refractivity contribution in [3.8, 4) is 22.5 Å². The Labute approximate surface area is 271 Å². The van der Waals surface area contributed by atoms with Crippen LogP contribution in [0.4, 0.5) is 0 Å². The van der Waals surface area contributed by atoms with E-state index in [9.17, 15) is 0 Å². The molecular weight excluding hydrogens is 715 g/mol. The molecule has 0 bridgehead atoms. The van der Waals surface area contributed by atoms with Gasteiger partial charge in [-0.05, 0) is 65.6 Å². The van der Waals surface area contributed by atoms with Crippen LogP contribution in [0.1, 0.15) is 44.4 Å². The summed E-state index contributed by atoms with van der Waals surface area (Å²) in [6.45, 7) is 5.39. The van der Waals surface area contributed by atoms with Gasteiger partial charge in [0, 0.05) is 49.6 Å². The third-order valence-corrected chi connectivity index (χ3v) is 7.29. The van der Waals surface area contributed by atoms with Crippen LogP contribution in [0.5, 0.6) is 0 Å². The minimum atomic E-state index is -2.32. The van der Waals surface area contributed by atoms with Crippen LogP contribution in [0.15, 0.2) is 88.8 Å². The fraction of sp³-hybridized carbons (Fsp3) is 0.194. The van der Waals surface area contributed by atoms with Crippen LogP contribution in [-0.4, -0.2) is 15.0 Å². The second-order valence-corrected chi connectivity index (χ2v) is 11.7. The average molecular weight is 751 g/mol. The van der Waals surface area contributed by atoms with Gasteiger partial charge in [-0.2, -0.15) is 0 Å². The van der Waals surface area contributed by atoms with Crippen molar-refractivity contribution in [2.24, 2.45) is 5.41 Å². The van der Waals surface area contributed by atoms with Gasteiger partial charge in [0.25, 0.3) is 0 Å². The second-order valence-electron chi connectivity index (χ2n) is 10.8. The number of hydrogen-bond acceptors (Lipinski definition) is 5. The monoisotopic (exact) mass is 751 g/mol. The molecule has 7 aromatic rings. The van der Waals surface area contributed by atoms with Crippen molar-refractivity contribution >= 4 is 43.6 Å². The molecule has 0 spiro atoms. The van der Waals surface area contributed by atoms with Crippen LogP contribution in [0, 0.1) is 31.3 Å². The third-order valence-electron chi connectivity index (χ3n) is 6.40. The summed E-state index contributed by atoms with van der Waals surface area (Å²) < 4.78 is 46.1. The Hall–Kier alpha value is -3.70. The van der Waals surface area contributed by atoms with Gasteiger partial charge >= 0.3 is 0 Å². The minimum absolute atomic E-state index is 0. The number of hydrogen-bond donors (Lipinski definition) is 0. The van der Waals surface area contributed by atoms with E-state index in [0.29, 0.717) is 22.4 Å². The van der Waals surface area contributed by atoms with Crippen molar-refractivity contribution < 1.29 is 31.4 Å². The van der Waals surface area contributed by atoms with Crippen molar-refractivity contribution in [3.63, 3.8) is 0 Å². The maximum Gasteiger partial charge on any atom is 0.216 e. The minimum Gasteiger partial charge on any atom is -0.486 e. The SMILES string of the molecule is Cc1ccc(-c2[c-]cccc2)nc1.[2H]C([2H])([2H])c1ccc2c(n1)oc1c(-c3ccc4c(C([2H])([2H])C(C)(C)C)csc4n3)[c-]ccc12.[Ir]. The Morgan fingerprint density at radius 1 is 0.905 bits per heavy atom. The van der Waals surface area contributed by atoms with E-state index in [1.165, 1.54) is 23.0 Å². The number of rotatable bonds is 3. The molecule has 0 amide bonds. The van der Waals surface area contributed by atoms with Gasteiger partial charge in [-0.15, -0.1) is 65.4 Å². The van der Waals surface area contributed by atoms with E-state index in [1.807, 2.05) is 87.8 Å². The van der Waals surface area contributed by atoms with Gasteiger partial charge in [0.1, 0.15) is 4.83 Å². The predicted octanol–water partition coefficient (Wildman–Crippen LogP) is 9.81. The molecule has 42 heavy (non-hydrogen) atoms. The molecule has 7 rings (SSSR count). The topological polar surface area (TPSA) is 51.8 Å². The first-order chi connectivity index (χ1) is 21.7. The molecule has 0 N–H and O–H groups in total. The van der Waals surface area contributed by atoms with E-state index >= 15 is 0 Å². The zero-order chi connectivity index (χ0) is 32.9. The number of furan rings is 1. The molecule has 213 valence electrons. The van der Waals surface area contributed by atoms with Crippen LogP contribution in [0.2, 0.25) is 0 Å². The van der Waals surface area contributed by atoms with Crippen molar-refractivity contribution in [2.75, 3.05) is 0 Å². The molecule has 5 heterocycles. The van der Waals surface area contributed by atoms with Crippen molar-refractivity contribution in [1.82, 2.24) is 15.0 Å². The maximum atomic E-state index is 8.64. The van der Waals surface area contributed by atoms with Crippen LogP contribution < -0.4 is 0 Å². The van der Waals surface area contributed by atoms with E-state index in [0.717, 1.165) is 32.2 Å². The average Bonchev–Trinajstić information content (AvgIpc) is 3.62. The molecule has 0 fully saturated rings. The Bertz CT molecular complexity index is 2170. The molecule has 0 aliphatic rings. The summed E-state index contributed by atoms with van der Waals surface area (Å²) >= 11 is 1.41. The standard InChI is InChI=1S/C24H21N2OS.C12H10N.Ir/c1-14-8-9-18-17-6-5-7-19(21(17)27-22(18)25-14)20-11-10-16-15(12-24(2,3)4)13-28-23(16)26-20;1-10-7-8-12(13-9-10)11-5-3-2-4-6-11;/h5-6,8-11,13H,12H2,1-4H3;2-5,7-9H,1H3;/q2*-1;/i1D3,12D2;;. The maximum absolute atomic E-state index is 8.64. The fourth-order valence-corrected chi connectivity index (χ4v) is 5.42. The number of aryl methyl sites for hydroxylation is 2. The smallest absolute Gasteiger partial charge is 0.216 e. The number of aromatic nitrogens is 3. The molecule has 5 aromatic heterocycles. The zero-order valence-corrected chi connectivity index (χ0v) is 26.8. The van der Waals surface area contributed by atoms with Gasteiger partial charge in [-0.1, -0.05) is 56.0 Å². The van der Waals surface area contributed by atoms with E-state index < -0.39 is 18.6 Å². The first kappa shape index (κ1) is 23.8. The normalized spacial score (nSPS) is 13.8.